The molecular formula is C36H26N4. The van der Waals surface area contributed by atoms with Crippen LogP contribution in [0.25, 0.3) is 66.4 Å². The van der Waals surface area contributed by atoms with Crippen LogP contribution in [-0.2, 0) is 0 Å². The van der Waals surface area contributed by atoms with Gasteiger partial charge in [0.15, 0.2) is 0 Å². The second-order valence-electron chi connectivity index (χ2n) is 10.4. The number of para-hydroxylation sites is 1. The minimum Gasteiger partial charge on any atom is -0.309 e. The highest BCUT2D eigenvalue weighted by Gasteiger charge is 2.17. The lowest BCUT2D eigenvalue weighted by Crippen LogP contribution is -1.99. The average Bonchev–Trinajstić information content (AvgIpc) is 3.34. The van der Waals surface area contributed by atoms with Crippen LogP contribution >= 0.6 is 0 Å². The van der Waals surface area contributed by atoms with Gasteiger partial charge in [0.1, 0.15) is 0 Å². The first-order chi connectivity index (χ1) is 19.8. The number of hydrogen-bond acceptors (Lipinski definition) is 2. The van der Waals surface area contributed by atoms with Crippen molar-refractivity contribution in [2.75, 3.05) is 0 Å². The van der Waals surface area contributed by atoms with Gasteiger partial charge >= 0.3 is 0 Å². The maximum Gasteiger partial charge on any atom is 0.234 e. The molecule has 3 heterocycles. The van der Waals surface area contributed by atoms with E-state index in [4.69, 9.17) is 0 Å². The van der Waals surface area contributed by atoms with Crippen molar-refractivity contribution in [3.8, 4) is 17.1 Å². The standard InChI is InChI=1S/C36H26N4/c1-24-13-16-33-29(21-24)31-23-26(14-17-34(31)39(33)27-9-4-2-3-5-10-27)25-15-18-35-30(22-25)28-11-6-7-12-32(28)40(35)36-37-19-8-20-38-36/h2,4-23H,3H2,1H3. The quantitative estimate of drug-likeness (QED) is 0.236. The molecule has 1 aliphatic carbocycles. The Morgan fingerprint density at radius 2 is 1.25 bits per heavy atom. The SMILES string of the molecule is Cc1ccc2c(c1)c1cc(-c3ccc4c(c3)c3ccccc3n4-c3ncccn3)ccc1n2C1=CC=CCC=C1. The van der Waals surface area contributed by atoms with Gasteiger partial charge < -0.3 is 4.57 Å². The molecule has 0 bridgehead atoms. The fourth-order valence-corrected chi connectivity index (χ4v) is 6.09. The van der Waals surface area contributed by atoms with E-state index in [1.54, 1.807) is 12.4 Å². The van der Waals surface area contributed by atoms with Crippen LogP contribution in [0.3, 0.4) is 0 Å². The van der Waals surface area contributed by atoms with Crippen molar-refractivity contribution in [1.29, 1.82) is 0 Å². The Hall–Kier alpha value is -5.22. The summed E-state index contributed by atoms with van der Waals surface area (Å²) in [4.78, 5) is 9.11. The maximum atomic E-state index is 4.55. The zero-order valence-electron chi connectivity index (χ0n) is 22.1. The summed E-state index contributed by atoms with van der Waals surface area (Å²) in [7, 11) is 0. The Balaban J connectivity index is 1.36. The van der Waals surface area contributed by atoms with Crippen LogP contribution in [0.4, 0.5) is 0 Å². The van der Waals surface area contributed by atoms with E-state index in [1.807, 2.05) is 6.07 Å². The molecule has 3 aromatic heterocycles. The predicted molar refractivity (Wildman–Crippen MR) is 167 cm³/mol. The number of hydrogen-bond donors (Lipinski definition) is 0. The van der Waals surface area contributed by atoms with Gasteiger partial charge in [-0.3, -0.25) is 4.57 Å². The lowest BCUT2D eigenvalue weighted by atomic mass is 10.0. The highest BCUT2D eigenvalue weighted by molar-refractivity contribution is 6.13. The van der Waals surface area contributed by atoms with Crippen LogP contribution in [0.15, 0.2) is 128 Å². The van der Waals surface area contributed by atoms with E-state index >= 15 is 0 Å². The molecule has 0 saturated heterocycles. The average molecular weight is 515 g/mol. The summed E-state index contributed by atoms with van der Waals surface area (Å²) in [6.07, 6.45) is 15.5. The van der Waals surface area contributed by atoms with E-state index in [2.05, 4.69) is 135 Å². The lowest BCUT2D eigenvalue weighted by molar-refractivity contribution is 0.988. The van der Waals surface area contributed by atoms with Gasteiger partial charge in [0, 0.05) is 39.6 Å². The largest absolute Gasteiger partial charge is 0.309 e. The molecule has 0 unspecified atom stereocenters. The van der Waals surface area contributed by atoms with Crippen molar-refractivity contribution in [3.63, 3.8) is 0 Å². The Morgan fingerprint density at radius 3 is 2.05 bits per heavy atom. The highest BCUT2D eigenvalue weighted by Crippen LogP contribution is 2.38. The van der Waals surface area contributed by atoms with Crippen molar-refractivity contribution >= 4 is 49.3 Å². The van der Waals surface area contributed by atoms with Gasteiger partial charge in [0.05, 0.1) is 22.1 Å². The molecule has 4 aromatic carbocycles. The Bertz CT molecular complexity index is 2190. The van der Waals surface area contributed by atoms with E-state index < -0.39 is 0 Å². The molecule has 4 nitrogen and oxygen atoms in total. The Kier molecular flexibility index (Phi) is 5.07. The van der Waals surface area contributed by atoms with Gasteiger partial charge in [-0.25, -0.2) is 9.97 Å². The van der Waals surface area contributed by atoms with Gasteiger partial charge in [-0.05, 0) is 85.2 Å². The normalized spacial score (nSPS) is 13.5. The molecule has 40 heavy (non-hydrogen) atoms. The van der Waals surface area contributed by atoms with Crippen LogP contribution in [0.2, 0.25) is 0 Å². The van der Waals surface area contributed by atoms with Crippen LogP contribution in [-0.4, -0.2) is 19.1 Å². The second kappa shape index (κ2) is 8.92. The van der Waals surface area contributed by atoms with Crippen molar-refractivity contribution in [3.05, 3.63) is 133 Å². The summed E-state index contributed by atoms with van der Waals surface area (Å²) in [5, 5.41) is 4.93. The number of benzene rings is 4. The lowest BCUT2D eigenvalue weighted by Gasteiger charge is -2.09. The zero-order chi connectivity index (χ0) is 26.6. The molecule has 8 rings (SSSR count). The van der Waals surface area contributed by atoms with Crippen LogP contribution in [0.1, 0.15) is 12.0 Å². The predicted octanol–water partition coefficient (Wildman–Crippen LogP) is 9.01. The molecule has 0 atom stereocenters. The summed E-state index contributed by atoms with van der Waals surface area (Å²) in [6.45, 7) is 2.17. The second-order valence-corrected chi connectivity index (χ2v) is 10.4. The molecule has 1 aliphatic rings. The summed E-state index contributed by atoms with van der Waals surface area (Å²) in [6, 6.07) is 30.7. The smallest absolute Gasteiger partial charge is 0.234 e. The number of aromatic nitrogens is 4. The van der Waals surface area contributed by atoms with Crippen molar-refractivity contribution < 1.29 is 0 Å². The number of rotatable bonds is 3. The minimum atomic E-state index is 0.683. The van der Waals surface area contributed by atoms with Crippen molar-refractivity contribution in [1.82, 2.24) is 19.1 Å². The fourth-order valence-electron chi connectivity index (χ4n) is 6.09. The molecule has 4 heteroatoms. The van der Waals surface area contributed by atoms with E-state index in [9.17, 15) is 0 Å². The topological polar surface area (TPSA) is 35.6 Å². The summed E-state index contributed by atoms with van der Waals surface area (Å²) in [5.74, 6) is 0.683. The first-order valence-electron chi connectivity index (χ1n) is 13.7. The van der Waals surface area contributed by atoms with E-state index in [0.29, 0.717) is 5.95 Å². The third-order valence-corrected chi connectivity index (χ3v) is 7.90. The molecule has 0 aliphatic heterocycles. The molecule has 0 fully saturated rings. The van der Waals surface area contributed by atoms with Crippen molar-refractivity contribution in [2.24, 2.45) is 0 Å². The monoisotopic (exact) mass is 514 g/mol. The first-order valence-corrected chi connectivity index (χ1v) is 13.7. The number of nitrogens with zero attached hydrogens (tertiary/aromatic N) is 4. The summed E-state index contributed by atoms with van der Waals surface area (Å²) in [5.41, 5.74) is 9.49. The van der Waals surface area contributed by atoms with Crippen LogP contribution < -0.4 is 0 Å². The molecule has 0 saturated carbocycles. The zero-order valence-corrected chi connectivity index (χ0v) is 22.1. The molecule has 190 valence electrons. The summed E-state index contributed by atoms with van der Waals surface area (Å²) < 4.78 is 4.53. The first kappa shape index (κ1) is 22.7. The number of fused-ring (bicyclic) bond motifs is 6. The molecule has 0 N–H and O–H groups in total. The minimum absolute atomic E-state index is 0.683. The molecular weight excluding hydrogens is 488 g/mol. The Labute approximate surface area is 231 Å². The fraction of sp³-hybridized carbons (Fsp3) is 0.0556. The Morgan fingerprint density at radius 1 is 0.600 bits per heavy atom. The van der Waals surface area contributed by atoms with E-state index in [1.165, 1.54) is 55.0 Å². The van der Waals surface area contributed by atoms with Gasteiger partial charge in [-0.1, -0.05) is 60.2 Å². The highest BCUT2D eigenvalue weighted by atomic mass is 15.1. The number of aryl methyl sites for hydroxylation is 1. The van der Waals surface area contributed by atoms with Crippen LogP contribution in [0.5, 0.6) is 0 Å². The third-order valence-electron chi connectivity index (χ3n) is 7.90. The van der Waals surface area contributed by atoms with Crippen molar-refractivity contribution in [2.45, 2.75) is 13.3 Å². The van der Waals surface area contributed by atoms with Gasteiger partial charge in [0.25, 0.3) is 0 Å². The van der Waals surface area contributed by atoms with Gasteiger partial charge in [-0.2, -0.15) is 0 Å². The van der Waals surface area contributed by atoms with Gasteiger partial charge in [-0.15, -0.1) is 0 Å². The van der Waals surface area contributed by atoms with Gasteiger partial charge in [0.2, 0.25) is 5.95 Å². The molecule has 0 spiro atoms. The third kappa shape index (κ3) is 3.46. The number of allylic oxidation sites excluding steroid dienone is 6. The molecule has 0 amide bonds. The molecule has 7 aromatic rings. The van der Waals surface area contributed by atoms with E-state index in [-0.39, 0.29) is 0 Å². The summed E-state index contributed by atoms with van der Waals surface area (Å²) >= 11 is 0. The van der Waals surface area contributed by atoms with Crippen LogP contribution in [0, 0.1) is 6.92 Å². The van der Waals surface area contributed by atoms with E-state index in [0.717, 1.165) is 17.5 Å². The maximum absolute atomic E-state index is 4.55. The molecule has 0 radical (unpaired) electrons.